The molecule has 0 bridgehead atoms. The fourth-order valence-corrected chi connectivity index (χ4v) is 3.92. The molecule has 0 saturated heterocycles. The minimum atomic E-state index is -4.13. The molecular formula is C13H22O3SSi. The highest BCUT2D eigenvalue weighted by Gasteiger charge is 2.20. The average molecular weight is 286 g/mol. The molecule has 0 atom stereocenters. The van der Waals surface area contributed by atoms with Crippen molar-refractivity contribution < 1.29 is 13.0 Å². The molecule has 1 rings (SSSR count). The Labute approximate surface area is 111 Å². The highest BCUT2D eigenvalue weighted by Crippen LogP contribution is 2.25. The molecule has 1 N–H and O–H groups in total. The molecule has 0 unspecified atom stereocenters. The second-order valence-corrected chi connectivity index (χ2v) is 13.1. The van der Waals surface area contributed by atoms with E-state index in [0.29, 0.717) is 0 Å². The van der Waals surface area contributed by atoms with Crippen LogP contribution in [0.1, 0.15) is 16.7 Å². The highest BCUT2D eigenvalue weighted by atomic mass is 32.2. The van der Waals surface area contributed by atoms with Crippen LogP contribution >= 0.6 is 0 Å². The van der Waals surface area contributed by atoms with E-state index in [9.17, 15) is 13.0 Å². The first-order valence-electron chi connectivity index (χ1n) is 6.08. The highest BCUT2D eigenvalue weighted by molar-refractivity contribution is 7.85. The Morgan fingerprint density at radius 1 is 1.17 bits per heavy atom. The van der Waals surface area contributed by atoms with E-state index in [1.165, 1.54) is 0 Å². The third-order valence-electron chi connectivity index (χ3n) is 2.98. The number of benzene rings is 1. The fourth-order valence-electron chi connectivity index (χ4n) is 2.01. The van der Waals surface area contributed by atoms with Gasteiger partial charge < -0.3 is 0 Å². The lowest BCUT2D eigenvalue weighted by atomic mass is 10.0. The maximum absolute atomic E-state index is 11.4. The second kappa shape index (κ2) is 5.15. The molecule has 5 heteroatoms. The van der Waals surface area contributed by atoms with Crippen LogP contribution in [-0.2, 0) is 16.5 Å². The van der Waals surface area contributed by atoms with Crippen LogP contribution in [0.25, 0.3) is 0 Å². The summed E-state index contributed by atoms with van der Waals surface area (Å²) in [7, 11) is -5.37. The first kappa shape index (κ1) is 15.4. The minimum absolute atomic E-state index is 0.0817. The predicted octanol–water partition coefficient (Wildman–Crippen LogP) is 3.43. The summed E-state index contributed by atoms with van der Waals surface area (Å²) in [5.41, 5.74) is 2.57. The summed E-state index contributed by atoms with van der Waals surface area (Å²) >= 11 is 0. The van der Waals surface area contributed by atoms with E-state index in [0.717, 1.165) is 29.2 Å². The molecule has 0 fully saturated rings. The summed E-state index contributed by atoms with van der Waals surface area (Å²) in [4.78, 5) is 0.0817. The Kier molecular flexibility index (Phi) is 4.41. The number of hydrogen-bond acceptors (Lipinski definition) is 2. The van der Waals surface area contributed by atoms with Crippen molar-refractivity contribution in [2.75, 3.05) is 0 Å². The largest absolute Gasteiger partial charge is 0.294 e. The van der Waals surface area contributed by atoms with Crippen molar-refractivity contribution in [3.8, 4) is 0 Å². The quantitative estimate of drug-likeness (QED) is 0.681. The molecular weight excluding hydrogens is 264 g/mol. The summed E-state index contributed by atoms with van der Waals surface area (Å²) in [6.07, 6.45) is 0.719. The summed E-state index contributed by atoms with van der Waals surface area (Å²) in [6, 6.07) is 4.54. The van der Waals surface area contributed by atoms with E-state index in [1.54, 1.807) is 6.07 Å². The van der Waals surface area contributed by atoms with E-state index in [4.69, 9.17) is 0 Å². The van der Waals surface area contributed by atoms with Crippen LogP contribution in [0.4, 0.5) is 0 Å². The van der Waals surface area contributed by atoms with Gasteiger partial charge in [0, 0.05) is 8.07 Å². The number of aryl methyl sites for hydroxylation is 2. The van der Waals surface area contributed by atoms with E-state index in [-0.39, 0.29) is 4.90 Å². The predicted molar refractivity (Wildman–Crippen MR) is 77.6 cm³/mol. The van der Waals surface area contributed by atoms with Crippen molar-refractivity contribution in [1.82, 2.24) is 0 Å². The second-order valence-electron chi connectivity index (χ2n) is 6.09. The first-order valence-corrected chi connectivity index (χ1v) is 11.2. The van der Waals surface area contributed by atoms with Crippen molar-refractivity contribution in [3.63, 3.8) is 0 Å². The number of rotatable bonds is 4. The number of hydrogen-bond donors (Lipinski definition) is 1. The zero-order valence-corrected chi connectivity index (χ0v) is 13.6. The Hall–Kier alpha value is -0.653. The standard InChI is InChI=1S/C13H22O3SSi/c1-10-8-11(2)12(6-7-18(3,4)5)13(9-10)17(14,15)16/h8-9H,6-7H2,1-5H3,(H,14,15,16). The minimum Gasteiger partial charge on any atom is -0.282 e. The van der Waals surface area contributed by atoms with Gasteiger partial charge in [-0.1, -0.05) is 31.8 Å². The van der Waals surface area contributed by atoms with E-state index >= 15 is 0 Å². The van der Waals surface area contributed by atoms with Gasteiger partial charge in [0.05, 0.1) is 4.90 Å². The summed E-state index contributed by atoms with van der Waals surface area (Å²) < 4.78 is 32.2. The van der Waals surface area contributed by atoms with Crippen LogP contribution < -0.4 is 0 Å². The van der Waals surface area contributed by atoms with Crippen molar-refractivity contribution in [2.24, 2.45) is 0 Å². The molecule has 0 spiro atoms. The van der Waals surface area contributed by atoms with Gasteiger partial charge in [0.15, 0.2) is 0 Å². The van der Waals surface area contributed by atoms with Gasteiger partial charge in [-0.25, -0.2) is 0 Å². The summed E-state index contributed by atoms with van der Waals surface area (Å²) in [5.74, 6) is 0. The van der Waals surface area contributed by atoms with E-state index < -0.39 is 18.2 Å². The van der Waals surface area contributed by atoms with Crippen molar-refractivity contribution in [1.29, 1.82) is 0 Å². The molecule has 0 aliphatic carbocycles. The van der Waals surface area contributed by atoms with Gasteiger partial charge in [0.1, 0.15) is 0 Å². The fraction of sp³-hybridized carbons (Fsp3) is 0.538. The molecule has 1 aromatic carbocycles. The van der Waals surface area contributed by atoms with E-state index in [2.05, 4.69) is 19.6 Å². The third-order valence-corrected chi connectivity index (χ3v) is 5.65. The molecule has 0 amide bonds. The maximum Gasteiger partial charge on any atom is 0.294 e. The smallest absolute Gasteiger partial charge is 0.282 e. The van der Waals surface area contributed by atoms with Crippen LogP contribution in [-0.4, -0.2) is 21.0 Å². The van der Waals surface area contributed by atoms with Crippen LogP contribution in [0.15, 0.2) is 17.0 Å². The lowest BCUT2D eigenvalue weighted by Crippen LogP contribution is -2.21. The summed E-state index contributed by atoms with van der Waals surface area (Å²) in [5, 5.41) is 0. The first-order chi connectivity index (χ1) is 8.00. The van der Waals surface area contributed by atoms with Gasteiger partial charge in [-0.2, -0.15) is 8.42 Å². The molecule has 0 aliphatic rings. The SMILES string of the molecule is Cc1cc(C)c(CC[Si](C)(C)C)c(S(=O)(=O)O)c1. The van der Waals surface area contributed by atoms with Gasteiger partial charge in [0.25, 0.3) is 10.1 Å². The molecule has 0 saturated carbocycles. The Bertz CT molecular complexity index is 542. The van der Waals surface area contributed by atoms with Gasteiger partial charge in [-0.05, 0) is 43.0 Å². The van der Waals surface area contributed by atoms with Crippen molar-refractivity contribution in [3.05, 3.63) is 28.8 Å². The molecule has 1 aromatic rings. The molecule has 0 aliphatic heterocycles. The molecule has 0 heterocycles. The van der Waals surface area contributed by atoms with Gasteiger partial charge in [-0.15, -0.1) is 0 Å². The molecule has 102 valence electrons. The van der Waals surface area contributed by atoms with Crippen molar-refractivity contribution in [2.45, 2.75) is 50.8 Å². The Balaban J connectivity index is 3.25. The molecule has 18 heavy (non-hydrogen) atoms. The van der Waals surface area contributed by atoms with Crippen LogP contribution in [0, 0.1) is 13.8 Å². The average Bonchev–Trinajstić information content (AvgIpc) is 2.12. The van der Waals surface area contributed by atoms with Gasteiger partial charge in [-0.3, -0.25) is 4.55 Å². The lowest BCUT2D eigenvalue weighted by molar-refractivity contribution is 0.482. The molecule has 0 aromatic heterocycles. The lowest BCUT2D eigenvalue weighted by Gasteiger charge is -2.18. The van der Waals surface area contributed by atoms with Crippen LogP contribution in [0.2, 0.25) is 25.7 Å². The molecule has 0 radical (unpaired) electrons. The Morgan fingerprint density at radius 2 is 1.72 bits per heavy atom. The zero-order chi connectivity index (χ0) is 14.1. The Morgan fingerprint density at radius 3 is 2.17 bits per heavy atom. The zero-order valence-electron chi connectivity index (χ0n) is 11.7. The van der Waals surface area contributed by atoms with Crippen molar-refractivity contribution >= 4 is 18.2 Å². The maximum atomic E-state index is 11.4. The van der Waals surface area contributed by atoms with Gasteiger partial charge >= 0.3 is 0 Å². The van der Waals surface area contributed by atoms with E-state index in [1.807, 2.05) is 19.9 Å². The van der Waals surface area contributed by atoms with Crippen LogP contribution in [0.5, 0.6) is 0 Å². The summed E-state index contributed by atoms with van der Waals surface area (Å²) in [6.45, 7) is 10.5. The molecule has 3 nitrogen and oxygen atoms in total. The van der Waals surface area contributed by atoms with Gasteiger partial charge in [0.2, 0.25) is 0 Å². The van der Waals surface area contributed by atoms with Crippen LogP contribution in [0.3, 0.4) is 0 Å². The topological polar surface area (TPSA) is 54.4 Å². The third kappa shape index (κ3) is 4.22. The normalized spacial score (nSPS) is 12.8. The monoisotopic (exact) mass is 286 g/mol.